The zero-order chi connectivity index (χ0) is 10.8. The first-order chi connectivity index (χ1) is 7.92. The Kier molecular flexibility index (Phi) is 3.41. The number of nitrogens with zero attached hydrogens (tertiary/aromatic N) is 1. The van der Waals surface area contributed by atoms with E-state index in [9.17, 15) is 0 Å². The van der Waals surface area contributed by atoms with Crippen LogP contribution in [0.4, 0.5) is 0 Å². The standard InChI is InChI=1S/C13H22N2S/c1-2-6-11(7-3-1)14-13-15-12-8-4-5-10(12)9-16-13/h10-12H,1-9H2,(H,14,15). The summed E-state index contributed by atoms with van der Waals surface area (Å²) in [5.74, 6) is 2.20. The van der Waals surface area contributed by atoms with Gasteiger partial charge in [0.2, 0.25) is 0 Å². The molecule has 1 aliphatic heterocycles. The van der Waals surface area contributed by atoms with Crippen LogP contribution < -0.4 is 5.32 Å². The predicted molar refractivity (Wildman–Crippen MR) is 71.0 cm³/mol. The van der Waals surface area contributed by atoms with Gasteiger partial charge in [-0.1, -0.05) is 37.4 Å². The van der Waals surface area contributed by atoms with Gasteiger partial charge in [0.25, 0.3) is 0 Å². The van der Waals surface area contributed by atoms with Gasteiger partial charge in [-0.15, -0.1) is 0 Å². The molecule has 0 aromatic heterocycles. The number of hydrogen-bond acceptors (Lipinski definition) is 3. The lowest BCUT2D eigenvalue weighted by atomic mass is 9.96. The molecule has 0 saturated heterocycles. The minimum atomic E-state index is 0.660. The van der Waals surface area contributed by atoms with E-state index in [-0.39, 0.29) is 0 Å². The molecule has 16 heavy (non-hydrogen) atoms. The predicted octanol–water partition coefficient (Wildman–Crippen LogP) is 3.18. The van der Waals surface area contributed by atoms with Crippen LogP contribution in [-0.4, -0.2) is 23.0 Å². The average Bonchev–Trinajstić information content (AvgIpc) is 2.77. The molecule has 0 aromatic rings. The van der Waals surface area contributed by atoms with Crippen molar-refractivity contribution in [3.05, 3.63) is 0 Å². The largest absolute Gasteiger partial charge is 0.362 e. The molecule has 0 aromatic carbocycles. The van der Waals surface area contributed by atoms with E-state index in [1.165, 1.54) is 62.3 Å². The summed E-state index contributed by atoms with van der Waals surface area (Å²) in [7, 11) is 0. The third-order valence-corrected chi connectivity index (χ3v) is 5.36. The highest BCUT2D eigenvalue weighted by molar-refractivity contribution is 8.13. The van der Waals surface area contributed by atoms with Crippen LogP contribution >= 0.6 is 11.8 Å². The van der Waals surface area contributed by atoms with Crippen molar-refractivity contribution in [2.75, 3.05) is 5.75 Å². The first-order valence-electron chi connectivity index (χ1n) is 6.89. The summed E-state index contributed by atoms with van der Waals surface area (Å²) < 4.78 is 0. The highest BCUT2D eigenvalue weighted by Gasteiger charge is 2.31. The molecule has 90 valence electrons. The summed E-state index contributed by atoms with van der Waals surface area (Å²) >= 11 is 1.97. The van der Waals surface area contributed by atoms with Crippen molar-refractivity contribution in [1.82, 2.24) is 5.32 Å². The number of thioether (sulfide) groups is 1. The highest BCUT2D eigenvalue weighted by Crippen LogP contribution is 2.35. The Bertz CT molecular complexity index is 271. The normalized spacial score (nSPS) is 35.6. The second kappa shape index (κ2) is 4.99. The molecule has 0 spiro atoms. The fourth-order valence-corrected chi connectivity index (χ4v) is 4.48. The molecular weight excluding hydrogens is 216 g/mol. The van der Waals surface area contributed by atoms with E-state index in [0.717, 1.165) is 12.0 Å². The van der Waals surface area contributed by atoms with E-state index in [1.807, 2.05) is 11.8 Å². The van der Waals surface area contributed by atoms with Crippen LogP contribution in [0.2, 0.25) is 0 Å². The molecule has 0 bridgehead atoms. The van der Waals surface area contributed by atoms with Crippen molar-refractivity contribution < 1.29 is 0 Å². The maximum absolute atomic E-state index is 4.91. The van der Waals surface area contributed by atoms with Gasteiger partial charge in [-0.2, -0.15) is 0 Å². The molecule has 0 radical (unpaired) electrons. The molecule has 1 heterocycles. The molecule has 0 amide bonds. The van der Waals surface area contributed by atoms with E-state index in [1.54, 1.807) is 0 Å². The molecule has 2 nitrogen and oxygen atoms in total. The maximum Gasteiger partial charge on any atom is 0.157 e. The minimum Gasteiger partial charge on any atom is -0.362 e. The quantitative estimate of drug-likeness (QED) is 0.759. The zero-order valence-electron chi connectivity index (χ0n) is 9.95. The number of rotatable bonds is 1. The second-order valence-corrected chi connectivity index (χ2v) is 6.49. The Labute approximate surface area is 103 Å². The van der Waals surface area contributed by atoms with Crippen molar-refractivity contribution >= 4 is 16.9 Å². The second-order valence-electron chi connectivity index (χ2n) is 5.48. The van der Waals surface area contributed by atoms with Gasteiger partial charge >= 0.3 is 0 Å². The van der Waals surface area contributed by atoms with Crippen molar-refractivity contribution in [2.24, 2.45) is 10.9 Å². The van der Waals surface area contributed by atoms with Crippen LogP contribution in [0, 0.1) is 5.92 Å². The Morgan fingerprint density at radius 3 is 2.75 bits per heavy atom. The van der Waals surface area contributed by atoms with Gasteiger partial charge in [-0.3, -0.25) is 4.99 Å². The molecule has 2 atom stereocenters. The monoisotopic (exact) mass is 238 g/mol. The third-order valence-electron chi connectivity index (χ3n) is 4.27. The van der Waals surface area contributed by atoms with Crippen LogP contribution in [0.5, 0.6) is 0 Å². The molecule has 2 unspecified atom stereocenters. The van der Waals surface area contributed by atoms with Gasteiger partial charge in [0.05, 0.1) is 6.04 Å². The Hall–Kier alpha value is -0.180. The van der Waals surface area contributed by atoms with Crippen molar-refractivity contribution in [2.45, 2.75) is 63.5 Å². The summed E-state index contributed by atoms with van der Waals surface area (Å²) in [5, 5.41) is 4.94. The van der Waals surface area contributed by atoms with E-state index < -0.39 is 0 Å². The summed E-state index contributed by atoms with van der Waals surface area (Å²) in [6.07, 6.45) is 11.1. The topological polar surface area (TPSA) is 24.4 Å². The Morgan fingerprint density at radius 2 is 1.88 bits per heavy atom. The van der Waals surface area contributed by atoms with Crippen LogP contribution in [-0.2, 0) is 0 Å². The summed E-state index contributed by atoms with van der Waals surface area (Å²) in [5.41, 5.74) is 0. The zero-order valence-corrected chi connectivity index (χ0v) is 10.8. The lowest BCUT2D eigenvalue weighted by Crippen LogP contribution is -2.38. The third kappa shape index (κ3) is 2.39. The fourth-order valence-electron chi connectivity index (χ4n) is 3.26. The van der Waals surface area contributed by atoms with Crippen LogP contribution in [0.25, 0.3) is 0 Å². The van der Waals surface area contributed by atoms with Gasteiger partial charge in [0.15, 0.2) is 5.17 Å². The number of hydrogen-bond donors (Lipinski definition) is 1. The lowest BCUT2D eigenvalue weighted by Gasteiger charge is -2.28. The molecule has 2 aliphatic carbocycles. The minimum absolute atomic E-state index is 0.660. The first-order valence-corrected chi connectivity index (χ1v) is 7.87. The molecule has 1 N–H and O–H groups in total. The van der Waals surface area contributed by atoms with Crippen molar-refractivity contribution in [3.63, 3.8) is 0 Å². The van der Waals surface area contributed by atoms with Crippen LogP contribution in [0.1, 0.15) is 51.4 Å². The van der Waals surface area contributed by atoms with Gasteiger partial charge < -0.3 is 5.32 Å². The van der Waals surface area contributed by atoms with E-state index in [4.69, 9.17) is 4.99 Å². The number of amidine groups is 1. The van der Waals surface area contributed by atoms with E-state index in [2.05, 4.69) is 5.32 Å². The number of fused-ring (bicyclic) bond motifs is 1. The maximum atomic E-state index is 4.91. The molecule has 3 rings (SSSR count). The smallest absolute Gasteiger partial charge is 0.157 e. The Morgan fingerprint density at radius 1 is 1.00 bits per heavy atom. The Balaban J connectivity index is 1.57. The van der Waals surface area contributed by atoms with Gasteiger partial charge in [-0.05, 0) is 31.6 Å². The fraction of sp³-hybridized carbons (Fsp3) is 0.923. The summed E-state index contributed by atoms with van der Waals surface area (Å²) in [4.78, 5) is 4.91. The molecule has 2 fully saturated rings. The molecule has 3 aliphatic rings. The number of nitrogens with one attached hydrogen (secondary N) is 1. The van der Waals surface area contributed by atoms with Gasteiger partial charge in [0.1, 0.15) is 0 Å². The van der Waals surface area contributed by atoms with E-state index >= 15 is 0 Å². The van der Waals surface area contributed by atoms with Crippen molar-refractivity contribution in [1.29, 1.82) is 0 Å². The van der Waals surface area contributed by atoms with Gasteiger partial charge in [-0.25, -0.2) is 0 Å². The highest BCUT2D eigenvalue weighted by atomic mass is 32.2. The number of aliphatic imine (C=N–C) groups is 1. The summed E-state index contributed by atoms with van der Waals surface area (Å²) in [6.45, 7) is 0. The van der Waals surface area contributed by atoms with Gasteiger partial charge in [0, 0.05) is 11.8 Å². The average molecular weight is 238 g/mol. The SMILES string of the molecule is C1CCC(NC2=NC3CCCC3CS2)CC1. The van der Waals surface area contributed by atoms with Crippen molar-refractivity contribution in [3.8, 4) is 0 Å². The van der Waals surface area contributed by atoms with Crippen LogP contribution in [0.3, 0.4) is 0 Å². The van der Waals surface area contributed by atoms with Crippen LogP contribution in [0.15, 0.2) is 4.99 Å². The first kappa shape index (κ1) is 10.9. The molecule has 3 heteroatoms. The summed E-state index contributed by atoms with van der Waals surface area (Å²) in [6, 6.07) is 1.38. The lowest BCUT2D eigenvalue weighted by molar-refractivity contribution is 0.413. The molecule has 2 saturated carbocycles. The van der Waals surface area contributed by atoms with E-state index in [0.29, 0.717) is 6.04 Å². The molecular formula is C13H22N2S.